The average Bonchev–Trinajstić information content (AvgIpc) is 3.07. The lowest BCUT2D eigenvalue weighted by atomic mass is 10.0. The zero-order valence-corrected chi connectivity index (χ0v) is 33.6. The maximum Gasteiger partial charge on any atom is 0.306 e. The number of allylic oxidation sites excluding steroid dienone is 1. The molecule has 0 saturated carbocycles. The minimum absolute atomic E-state index is 0.0590. The van der Waals surface area contributed by atoms with Gasteiger partial charge in [-0.2, -0.15) is 0 Å². The topological polar surface area (TPSA) is 76.1 Å². The summed E-state index contributed by atoms with van der Waals surface area (Å²) in [5.74, 6) is 0.564. The fourth-order valence-electron chi connectivity index (χ4n) is 5.74. The standard InChI is InChI=1S/C41H78N2O5S/c1-6-9-12-15-16-19-28-36-47-39(44)31-24-20-26-33-43(41(46)49-37-35-42(4)5)34-27-21-25-32-40(45)48-38(29-22-17-13-10-7-2)30-23-18-14-11-8-3/h19,28,38H,6-18,20-27,29-37H2,1-5H3/b28-19-. The second-order valence-electron chi connectivity index (χ2n) is 14.0. The van der Waals surface area contributed by atoms with E-state index in [1.165, 1.54) is 88.8 Å². The molecule has 0 aromatic carbocycles. The number of thioether (sulfide) groups is 1. The van der Waals surface area contributed by atoms with Crippen molar-refractivity contribution in [2.24, 2.45) is 0 Å². The second kappa shape index (κ2) is 36.3. The van der Waals surface area contributed by atoms with Gasteiger partial charge in [0.2, 0.25) is 0 Å². The van der Waals surface area contributed by atoms with Crippen LogP contribution >= 0.6 is 11.8 Å². The Kier molecular flexibility index (Phi) is 35.1. The van der Waals surface area contributed by atoms with Crippen LogP contribution in [0.15, 0.2) is 12.2 Å². The number of hydrogen-bond acceptors (Lipinski definition) is 7. The van der Waals surface area contributed by atoms with E-state index < -0.39 is 0 Å². The molecule has 1 amide bonds. The van der Waals surface area contributed by atoms with Crippen LogP contribution in [0.2, 0.25) is 0 Å². The van der Waals surface area contributed by atoms with E-state index in [4.69, 9.17) is 9.47 Å². The molecule has 0 bridgehead atoms. The fraction of sp³-hybridized carbons (Fsp3) is 0.878. The number of amides is 1. The molecular formula is C41H78N2O5S. The molecule has 0 aromatic heterocycles. The van der Waals surface area contributed by atoms with E-state index in [-0.39, 0.29) is 23.3 Å². The van der Waals surface area contributed by atoms with Crippen molar-refractivity contribution in [3.8, 4) is 0 Å². The number of carbonyl (C=O) groups excluding carboxylic acids is 3. The van der Waals surface area contributed by atoms with Crippen molar-refractivity contribution in [1.29, 1.82) is 0 Å². The average molecular weight is 711 g/mol. The second-order valence-corrected chi connectivity index (χ2v) is 15.1. The van der Waals surface area contributed by atoms with Crippen molar-refractivity contribution in [2.45, 2.75) is 187 Å². The summed E-state index contributed by atoms with van der Waals surface area (Å²) >= 11 is 1.39. The Morgan fingerprint density at radius 3 is 1.65 bits per heavy atom. The van der Waals surface area contributed by atoms with Crippen LogP contribution in [0.25, 0.3) is 0 Å². The zero-order chi connectivity index (χ0) is 36.2. The molecule has 0 aliphatic rings. The van der Waals surface area contributed by atoms with Crippen molar-refractivity contribution in [1.82, 2.24) is 9.80 Å². The molecule has 0 rings (SSSR count). The van der Waals surface area contributed by atoms with Gasteiger partial charge < -0.3 is 19.3 Å². The monoisotopic (exact) mass is 711 g/mol. The third-order valence-corrected chi connectivity index (χ3v) is 9.82. The highest BCUT2D eigenvalue weighted by molar-refractivity contribution is 8.13. The van der Waals surface area contributed by atoms with Crippen molar-refractivity contribution in [3.63, 3.8) is 0 Å². The predicted molar refractivity (Wildman–Crippen MR) is 210 cm³/mol. The summed E-state index contributed by atoms with van der Waals surface area (Å²) < 4.78 is 11.3. The van der Waals surface area contributed by atoms with E-state index in [2.05, 4.69) is 31.7 Å². The van der Waals surface area contributed by atoms with Gasteiger partial charge in [0.05, 0.1) is 0 Å². The van der Waals surface area contributed by atoms with Gasteiger partial charge in [-0.25, -0.2) is 0 Å². The Hall–Kier alpha value is -1.54. The molecular weight excluding hydrogens is 633 g/mol. The number of ether oxygens (including phenoxy) is 2. The van der Waals surface area contributed by atoms with E-state index >= 15 is 0 Å². The minimum Gasteiger partial charge on any atom is -0.462 e. The minimum atomic E-state index is -0.147. The third kappa shape index (κ3) is 33.4. The number of unbranched alkanes of at least 4 members (excludes halogenated alkanes) is 16. The van der Waals surface area contributed by atoms with Crippen LogP contribution < -0.4 is 0 Å². The van der Waals surface area contributed by atoms with Gasteiger partial charge in [0, 0.05) is 38.2 Å². The van der Waals surface area contributed by atoms with Crippen LogP contribution in [-0.4, -0.2) is 79.2 Å². The highest BCUT2D eigenvalue weighted by Gasteiger charge is 2.16. The molecule has 8 heteroatoms. The Morgan fingerprint density at radius 1 is 0.592 bits per heavy atom. The zero-order valence-electron chi connectivity index (χ0n) is 32.8. The smallest absolute Gasteiger partial charge is 0.306 e. The molecule has 0 spiro atoms. The Morgan fingerprint density at radius 2 is 1.10 bits per heavy atom. The fourth-order valence-corrected chi connectivity index (χ4v) is 6.74. The highest BCUT2D eigenvalue weighted by Crippen LogP contribution is 2.18. The lowest BCUT2D eigenvalue weighted by molar-refractivity contribution is -0.150. The van der Waals surface area contributed by atoms with Crippen molar-refractivity contribution in [3.05, 3.63) is 12.2 Å². The van der Waals surface area contributed by atoms with Gasteiger partial charge in [0.25, 0.3) is 5.24 Å². The third-order valence-electron chi connectivity index (χ3n) is 8.93. The summed E-state index contributed by atoms with van der Waals surface area (Å²) in [5.41, 5.74) is 0. The van der Waals surface area contributed by atoms with Crippen molar-refractivity contribution >= 4 is 28.9 Å². The van der Waals surface area contributed by atoms with Crippen LogP contribution in [-0.2, 0) is 19.1 Å². The van der Waals surface area contributed by atoms with Crippen LogP contribution in [0.4, 0.5) is 4.79 Å². The van der Waals surface area contributed by atoms with Gasteiger partial charge in [0.15, 0.2) is 0 Å². The number of nitrogens with zero attached hydrogens (tertiary/aromatic N) is 2. The number of hydrogen-bond donors (Lipinski definition) is 0. The first-order valence-corrected chi connectivity index (χ1v) is 21.4. The molecule has 0 fully saturated rings. The van der Waals surface area contributed by atoms with E-state index in [1.807, 2.05) is 25.1 Å². The first kappa shape index (κ1) is 47.5. The van der Waals surface area contributed by atoms with Crippen molar-refractivity contribution in [2.75, 3.05) is 46.1 Å². The molecule has 0 atom stereocenters. The van der Waals surface area contributed by atoms with Crippen LogP contribution in [0, 0.1) is 0 Å². The Labute approximate surface area is 307 Å². The van der Waals surface area contributed by atoms with Crippen LogP contribution in [0.1, 0.15) is 181 Å². The first-order valence-electron chi connectivity index (χ1n) is 20.4. The molecule has 0 heterocycles. The number of rotatable bonds is 35. The van der Waals surface area contributed by atoms with E-state index in [1.54, 1.807) is 0 Å². The molecule has 0 aliphatic carbocycles. The van der Waals surface area contributed by atoms with Gasteiger partial charge in [-0.3, -0.25) is 14.4 Å². The molecule has 0 saturated heterocycles. The molecule has 0 N–H and O–H groups in total. The van der Waals surface area contributed by atoms with Crippen LogP contribution in [0.3, 0.4) is 0 Å². The number of esters is 2. The van der Waals surface area contributed by atoms with Crippen LogP contribution in [0.5, 0.6) is 0 Å². The quantitative estimate of drug-likeness (QED) is 0.0368. The summed E-state index contributed by atoms with van der Waals surface area (Å²) in [6.07, 6.45) is 30.4. The summed E-state index contributed by atoms with van der Waals surface area (Å²) in [6.45, 7) is 9.31. The van der Waals surface area contributed by atoms with Gasteiger partial charge in [-0.05, 0) is 78.3 Å². The first-order chi connectivity index (χ1) is 23.8. The number of carbonyl (C=O) groups is 3. The van der Waals surface area contributed by atoms with E-state index in [0.717, 1.165) is 82.9 Å². The normalized spacial score (nSPS) is 11.6. The maximum absolute atomic E-state index is 13.0. The molecule has 0 aromatic rings. The summed E-state index contributed by atoms with van der Waals surface area (Å²) in [7, 11) is 4.04. The molecule has 7 nitrogen and oxygen atoms in total. The SMILES string of the molecule is CCCCCC/C=C\COC(=O)CCCCCN(CCCCCC(=O)OC(CCCCCCC)CCCCCCC)C(=O)SCCN(C)C. The molecule has 288 valence electrons. The van der Waals surface area contributed by atoms with Gasteiger partial charge >= 0.3 is 11.9 Å². The Bertz CT molecular complexity index is 793. The largest absolute Gasteiger partial charge is 0.462 e. The van der Waals surface area contributed by atoms with Crippen molar-refractivity contribution < 1.29 is 23.9 Å². The molecule has 0 radical (unpaired) electrons. The lowest BCUT2D eigenvalue weighted by Crippen LogP contribution is -2.31. The summed E-state index contributed by atoms with van der Waals surface area (Å²) in [4.78, 5) is 42.0. The molecule has 0 aliphatic heterocycles. The summed E-state index contributed by atoms with van der Waals surface area (Å²) in [6, 6.07) is 0. The highest BCUT2D eigenvalue weighted by atomic mass is 32.2. The van der Waals surface area contributed by atoms with Gasteiger partial charge in [-0.1, -0.05) is 128 Å². The lowest BCUT2D eigenvalue weighted by Gasteiger charge is -2.23. The van der Waals surface area contributed by atoms with E-state index in [0.29, 0.717) is 32.5 Å². The predicted octanol–water partition coefficient (Wildman–Crippen LogP) is 11.5. The summed E-state index contributed by atoms with van der Waals surface area (Å²) in [5, 5.41) is 0.128. The Balaban J connectivity index is 4.50. The molecule has 49 heavy (non-hydrogen) atoms. The van der Waals surface area contributed by atoms with Gasteiger partial charge in [0.1, 0.15) is 12.7 Å². The maximum atomic E-state index is 13.0. The molecule has 0 unspecified atom stereocenters. The van der Waals surface area contributed by atoms with E-state index in [9.17, 15) is 14.4 Å². The van der Waals surface area contributed by atoms with Gasteiger partial charge in [-0.15, -0.1) is 0 Å².